The minimum atomic E-state index is -3.64. The van der Waals surface area contributed by atoms with Crippen molar-refractivity contribution in [2.75, 3.05) is 15.9 Å². The van der Waals surface area contributed by atoms with Crippen LogP contribution in [0.15, 0.2) is 42.5 Å². The first kappa shape index (κ1) is 19.3. The van der Waals surface area contributed by atoms with Crippen LogP contribution in [0.1, 0.15) is 18.1 Å². The van der Waals surface area contributed by atoms with Crippen LogP contribution >= 0.6 is 11.6 Å². The quantitative estimate of drug-likeness (QED) is 0.858. The number of halogens is 1. The summed E-state index contributed by atoms with van der Waals surface area (Å²) in [6, 6.07) is 11.3. The highest BCUT2D eigenvalue weighted by atomic mass is 35.5. The summed E-state index contributed by atoms with van der Waals surface area (Å²) in [5.41, 5.74) is 2.64. The molecule has 0 saturated carbocycles. The molecule has 2 rings (SSSR count). The maximum absolute atomic E-state index is 12.7. The number of hydrogen-bond donors (Lipinski definition) is 1. The normalized spacial score (nSPS) is 12.5. The van der Waals surface area contributed by atoms with Crippen LogP contribution in [0.4, 0.5) is 11.4 Å². The Labute approximate surface area is 153 Å². The molecule has 0 aliphatic heterocycles. The van der Waals surface area contributed by atoms with Crippen LogP contribution in [-0.2, 0) is 14.8 Å². The van der Waals surface area contributed by atoms with Crippen LogP contribution in [0.5, 0.6) is 0 Å². The number of sulfonamides is 1. The summed E-state index contributed by atoms with van der Waals surface area (Å²) in [6.45, 7) is 5.21. The van der Waals surface area contributed by atoms with Crippen molar-refractivity contribution in [3.8, 4) is 0 Å². The van der Waals surface area contributed by atoms with Gasteiger partial charge in [0.25, 0.3) is 0 Å². The van der Waals surface area contributed by atoms with Crippen molar-refractivity contribution in [3.05, 3.63) is 58.6 Å². The number of carbonyl (C=O) groups is 1. The van der Waals surface area contributed by atoms with Gasteiger partial charge < -0.3 is 5.32 Å². The van der Waals surface area contributed by atoms with Crippen molar-refractivity contribution in [1.29, 1.82) is 0 Å². The maximum Gasteiger partial charge on any atom is 0.248 e. The number of anilines is 2. The molecule has 2 aromatic carbocycles. The molecule has 0 heterocycles. The number of benzene rings is 2. The minimum absolute atomic E-state index is 0.433. The third-order valence-electron chi connectivity index (χ3n) is 3.87. The second-order valence-electron chi connectivity index (χ2n) is 5.98. The zero-order valence-electron chi connectivity index (χ0n) is 14.6. The van der Waals surface area contributed by atoms with Gasteiger partial charge >= 0.3 is 0 Å². The fraction of sp³-hybridized carbons (Fsp3) is 0.278. The third-order valence-corrected chi connectivity index (χ3v) is 5.52. The van der Waals surface area contributed by atoms with Crippen molar-refractivity contribution in [1.82, 2.24) is 0 Å². The molecule has 1 N–H and O–H groups in total. The van der Waals surface area contributed by atoms with Crippen LogP contribution in [0, 0.1) is 13.8 Å². The highest BCUT2D eigenvalue weighted by Gasteiger charge is 2.29. The Hall–Kier alpha value is -2.05. The SMILES string of the molecule is Cc1cccc(N(C(C)C(=O)Nc2cccc(Cl)c2C)S(C)(=O)=O)c1. The molecule has 134 valence electrons. The Morgan fingerprint density at radius 2 is 1.80 bits per heavy atom. The Kier molecular flexibility index (Phi) is 5.75. The van der Waals surface area contributed by atoms with Gasteiger partial charge in [-0.2, -0.15) is 0 Å². The van der Waals surface area contributed by atoms with Gasteiger partial charge in [0, 0.05) is 10.7 Å². The molecular weight excluding hydrogens is 360 g/mol. The van der Waals surface area contributed by atoms with Crippen LogP contribution in [0.2, 0.25) is 5.02 Å². The second-order valence-corrected chi connectivity index (χ2v) is 8.24. The molecule has 25 heavy (non-hydrogen) atoms. The molecule has 1 unspecified atom stereocenters. The fourth-order valence-corrected chi connectivity index (χ4v) is 3.90. The molecule has 0 fully saturated rings. The van der Waals surface area contributed by atoms with E-state index in [9.17, 15) is 13.2 Å². The van der Waals surface area contributed by atoms with E-state index in [0.717, 1.165) is 21.7 Å². The highest BCUT2D eigenvalue weighted by Crippen LogP contribution is 2.25. The topological polar surface area (TPSA) is 66.5 Å². The van der Waals surface area contributed by atoms with Gasteiger partial charge in [0.2, 0.25) is 15.9 Å². The lowest BCUT2D eigenvalue weighted by Gasteiger charge is -2.28. The van der Waals surface area contributed by atoms with Crippen molar-refractivity contribution in [2.24, 2.45) is 0 Å². The third kappa shape index (κ3) is 4.52. The number of amides is 1. The minimum Gasteiger partial charge on any atom is -0.324 e. The van der Waals surface area contributed by atoms with Gasteiger partial charge in [-0.1, -0.05) is 29.8 Å². The zero-order valence-corrected chi connectivity index (χ0v) is 16.1. The Bertz CT molecular complexity index is 897. The molecule has 0 aliphatic rings. The van der Waals surface area contributed by atoms with Gasteiger partial charge in [-0.05, 0) is 56.2 Å². The average molecular weight is 381 g/mol. The summed E-state index contributed by atoms with van der Waals surface area (Å²) >= 11 is 6.07. The molecular formula is C18H21ClN2O3S. The summed E-state index contributed by atoms with van der Waals surface area (Å²) in [5, 5.41) is 3.29. The first-order chi connectivity index (χ1) is 11.6. The fourth-order valence-electron chi connectivity index (χ4n) is 2.55. The Morgan fingerprint density at radius 1 is 1.16 bits per heavy atom. The van der Waals surface area contributed by atoms with E-state index in [-0.39, 0.29) is 0 Å². The molecule has 0 spiro atoms. The first-order valence-corrected chi connectivity index (χ1v) is 9.96. The predicted molar refractivity (Wildman–Crippen MR) is 103 cm³/mol. The van der Waals surface area contributed by atoms with E-state index >= 15 is 0 Å². The summed E-state index contributed by atoms with van der Waals surface area (Å²) in [4.78, 5) is 12.7. The van der Waals surface area contributed by atoms with Crippen LogP contribution in [0.25, 0.3) is 0 Å². The molecule has 2 aromatic rings. The van der Waals surface area contributed by atoms with Gasteiger partial charge in [-0.3, -0.25) is 9.10 Å². The molecule has 5 nitrogen and oxygen atoms in total. The monoisotopic (exact) mass is 380 g/mol. The molecule has 0 bridgehead atoms. The number of nitrogens with one attached hydrogen (secondary N) is 1. The van der Waals surface area contributed by atoms with Crippen LogP contribution in [-0.4, -0.2) is 26.6 Å². The molecule has 1 amide bonds. The summed E-state index contributed by atoms with van der Waals surface area (Å²) in [6.07, 6.45) is 1.09. The van der Waals surface area contributed by atoms with Crippen molar-refractivity contribution in [2.45, 2.75) is 26.8 Å². The summed E-state index contributed by atoms with van der Waals surface area (Å²) in [5.74, 6) is -0.433. The van der Waals surface area contributed by atoms with Gasteiger partial charge in [0.15, 0.2) is 0 Å². The van der Waals surface area contributed by atoms with Crippen molar-refractivity contribution in [3.63, 3.8) is 0 Å². The van der Waals surface area contributed by atoms with Gasteiger partial charge in [0.1, 0.15) is 6.04 Å². The molecule has 0 aliphatic carbocycles. The molecule has 0 aromatic heterocycles. The first-order valence-electron chi connectivity index (χ1n) is 7.73. The van der Waals surface area contributed by atoms with Gasteiger partial charge in [0.05, 0.1) is 11.9 Å². The summed E-state index contributed by atoms with van der Waals surface area (Å²) < 4.78 is 25.7. The van der Waals surface area contributed by atoms with E-state index < -0.39 is 22.0 Å². The second kappa shape index (κ2) is 7.45. The average Bonchev–Trinajstić information content (AvgIpc) is 2.50. The predicted octanol–water partition coefficient (Wildman–Crippen LogP) is 3.75. The largest absolute Gasteiger partial charge is 0.324 e. The van der Waals surface area contributed by atoms with E-state index in [2.05, 4.69) is 5.32 Å². The van der Waals surface area contributed by atoms with Crippen molar-refractivity contribution >= 4 is 38.9 Å². The molecule has 0 saturated heterocycles. The number of hydrogen-bond acceptors (Lipinski definition) is 3. The Morgan fingerprint density at radius 3 is 2.40 bits per heavy atom. The number of aryl methyl sites for hydroxylation is 1. The van der Waals surface area contributed by atoms with E-state index in [4.69, 9.17) is 11.6 Å². The van der Waals surface area contributed by atoms with Crippen molar-refractivity contribution < 1.29 is 13.2 Å². The molecule has 1 atom stereocenters. The summed E-state index contributed by atoms with van der Waals surface area (Å²) in [7, 11) is -3.64. The van der Waals surface area contributed by atoms with Gasteiger partial charge in [-0.15, -0.1) is 0 Å². The van der Waals surface area contributed by atoms with E-state index in [1.807, 2.05) is 13.0 Å². The lowest BCUT2D eigenvalue weighted by atomic mass is 10.1. The number of nitrogens with zero attached hydrogens (tertiary/aromatic N) is 1. The lowest BCUT2D eigenvalue weighted by Crippen LogP contribution is -2.45. The molecule has 7 heteroatoms. The highest BCUT2D eigenvalue weighted by molar-refractivity contribution is 7.92. The van der Waals surface area contributed by atoms with Gasteiger partial charge in [-0.25, -0.2) is 8.42 Å². The van der Waals surface area contributed by atoms with E-state index in [0.29, 0.717) is 16.4 Å². The van der Waals surface area contributed by atoms with Crippen LogP contribution < -0.4 is 9.62 Å². The standard InChI is InChI=1S/C18H21ClN2O3S/c1-12-7-5-8-15(11-12)21(25(4,23)24)14(3)18(22)20-17-10-6-9-16(19)13(17)2/h5-11,14H,1-4H3,(H,20,22). The maximum atomic E-state index is 12.7. The Balaban J connectivity index is 2.35. The number of rotatable bonds is 5. The smallest absolute Gasteiger partial charge is 0.248 e. The van der Waals surface area contributed by atoms with E-state index in [1.165, 1.54) is 0 Å². The zero-order chi connectivity index (χ0) is 18.8. The van der Waals surface area contributed by atoms with E-state index in [1.54, 1.807) is 50.2 Å². The van der Waals surface area contributed by atoms with Crippen LogP contribution in [0.3, 0.4) is 0 Å². The number of carbonyl (C=O) groups excluding carboxylic acids is 1. The molecule has 0 radical (unpaired) electrons. The lowest BCUT2D eigenvalue weighted by molar-refractivity contribution is -0.116.